The molecule has 0 heterocycles. The van der Waals surface area contributed by atoms with Gasteiger partial charge in [0.05, 0.1) is 17.5 Å². The van der Waals surface area contributed by atoms with Crippen molar-refractivity contribution in [1.29, 1.82) is 0 Å². The molecule has 0 spiro atoms. The van der Waals surface area contributed by atoms with Gasteiger partial charge in [-0.2, -0.15) is 0 Å². The van der Waals surface area contributed by atoms with Crippen molar-refractivity contribution in [3.63, 3.8) is 0 Å². The van der Waals surface area contributed by atoms with Crippen LogP contribution >= 0.6 is 0 Å². The van der Waals surface area contributed by atoms with Crippen LogP contribution in [0.1, 0.15) is 25.7 Å². The summed E-state index contributed by atoms with van der Waals surface area (Å²) in [4.78, 5) is 13.0. The van der Waals surface area contributed by atoms with E-state index in [1.54, 1.807) is 0 Å². The largest absolute Gasteiger partial charge is 0.234 e. The first kappa shape index (κ1) is 10.4. The molecule has 0 unspecified atom stereocenters. The maximum Gasteiger partial charge on any atom is 0.234 e. The van der Waals surface area contributed by atoms with Crippen LogP contribution in [0.4, 0.5) is 0 Å². The highest BCUT2D eigenvalue weighted by Crippen LogP contribution is 2.24. The standard InChI is InChI=1S/C8H13NO3S/c10-7-9-5-6-13(11,12)8-3-1-2-4-8/h8H,1-6H2. The summed E-state index contributed by atoms with van der Waals surface area (Å²) < 4.78 is 23.0. The molecule has 4 nitrogen and oxygen atoms in total. The van der Waals surface area contributed by atoms with Crippen molar-refractivity contribution in [1.82, 2.24) is 0 Å². The molecule has 0 aromatic carbocycles. The third kappa shape index (κ3) is 2.94. The number of isocyanates is 1. The third-order valence-electron chi connectivity index (χ3n) is 2.36. The maximum absolute atomic E-state index is 11.5. The van der Waals surface area contributed by atoms with Gasteiger partial charge in [-0.05, 0) is 12.8 Å². The third-order valence-corrected chi connectivity index (χ3v) is 4.60. The first-order chi connectivity index (χ1) is 6.17. The highest BCUT2D eigenvalue weighted by molar-refractivity contribution is 7.92. The molecule has 0 aromatic rings. The summed E-state index contributed by atoms with van der Waals surface area (Å²) in [6, 6.07) is 0. The lowest BCUT2D eigenvalue weighted by Gasteiger charge is -2.08. The molecular formula is C8H13NO3S. The molecule has 0 amide bonds. The highest BCUT2D eigenvalue weighted by atomic mass is 32.2. The monoisotopic (exact) mass is 203 g/mol. The van der Waals surface area contributed by atoms with Crippen LogP contribution in [0.3, 0.4) is 0 Å². The number of sulfone groups is 1. The molecule has 5 heteroatoms. The van der Waals surface area contributed by atoms with E-state index < -0.39 is 9.84 Å². The summed E-state index contributed by atoms with van der Waals surface area (Å²) in [5, 5.41) is -0.186. The van der Waals surface area contributed by atoms with Gasteiger partial charge in [0, 0.05) is 0 Å². The van der Waals surface area contributed by atoms with Crippen molar-refractivity contribution in [3.05, 3.63) is 0 Å². The number of aliphatic imine (C=N–C) groups is 1. The summed E-state index contributed by atoms with van der Waals surface area (Å²) in [5.74, 6) is -0.00704. The van der Waals surface area contributed by atoms with Crippen LogP contribution in [0.25, 0.3) is 0 Å². The zero-order chi connectivity index (χ0) is 9.73. The van der Waals surface area contributed by atoms with E-state index in [2.05, 4.69) is 4.99 Å². The molecule has 0 bridgehead atoms. The Labute approximate surface area is 78.0 Å². The molecule has 0 N–H and O–H groups in total. The molecule has 1 aliphatic carbocycles. The van der Waals surface area contributed by atoms with E-state index >= 15 is 0 Å². The maximum atomic E-state index is 11.5. The molecule has 0 aliphatic heterocycles. The molecule has 13 heavy (non-hydrogen) atoms. The molecule has 1 saturated carbocycles. The smallest absolute Gasteiger partial charge is 0.228 e. The molecule has 0 atom stereocenters. The fourth-order valence-electron chi connectivity index (χ4n) is 1.63. The number of carbonyl (C=O) groups excluding carboxylic acids is 1. The minimum Gasteiger partial charge on any atom is -0.228 e. The van der Waals surface area contributed by atoms with Gasteiger partial charge in [0.15, 0.2) is 9.84 Å². The second kappa shape index (κ2) is 4.53. The zero-order valence-corrected chi connectivity index (χ0v) is 8.22. The topological polar surface area (TPSA) is 63.6 Å². The Morgan fingerprint density at radius 1 is 1.31 bits per heavy atom. The van der Waals surface area contributed by atoms with E-state index in [-0.39, 0.29) is 17.5 Å². The van der Waals surface area contributed by atoms with Gasteiger partial charge in [0.1, 0.15) is 0 Å². The fourth-order valence-corrected chi connectivity index (χ4v) is 3.36. The Balaban J connectivity index is 2.49. The van der Waals surface area contributed by atoms with Crippen LogP contribution in [-0.4, -0.2) is 32.0 Å². The minimum atomic E-state index is -3.00. The van der Waals surface area contributed by atoms with Gasteiger partial charge in [0.2, 0.25) is 6.08 Å². The second-order valence-corrected chi connectivity index (χ2v) is 5.65. The summed E-state index contributed by atoms with van der Waals surface area (Å²) in [7, 11) is -3.00. The van der Waals surface area contributed by atoms with Crippen LogP contribution in [0.2, 0.25) is 0 Å². The minimum absolute atomic E-state index is 0.00704. The molecule has 0 aromatic heterocycles. The number of hydrogen-bond acceptors (Lipinski definition) is 4. The van der Waals surface area contributed by atoms with Crippen molar-refractivity contribution in [2.75, 3.05) is 12.3 Å². The summed E-state index contributed by atoms with van der Waals surface area (Å²) >= 11 is 0. The first-order valence-electron chi connectivity index (χ1n) is 4.42. The normalized spacial score (nSPS) is 18.5. The molecule has 1 aliphatic rings. The molecule has 74 valence electrons. The van der Waals surface area contributed by atoms with Crippen LogP contribution < -0.4 is 0 Å². The van der Waals surface area contributed by atoms with Gasteiger partial charge in [0.25, 0.3) is 0 Å². The van der Waals surface area contributed by atoms with Crippen molar-refractivity contribution in [2.45, 2.75) is 30.9 Å². The number of hydrogen-bond donors (Lipinski definition) is 0. The van der Waals surface area contributed by atoms with E-state index in [1.165, 1.54) is 6.08 Å². The fraction of sp³-hybridized carbons (Fsp3) is 0.875. The molecule has 1 rings (SSSR count). The Morgan fingerprint density at radius 2 is 1.92 bits per heavy atom. The van der Waals surface area contributed by atoms with Gasteiger partial charge in [-0.1, -0.05) is 12.8 Å². The van der Waals surface area contributed by atoms with E-state index in [0.29, 0.717) is 0 Å². The predicted octanol–water partition coefficient (Wildman–Crippen LogP) is 0.680. The Bertz CT molecular complexity index is 297. The van der Waals surface area contributed by atoms with Crippen LogP contribution in [0, 0.1) is 0 Å². The highest BCUT2D eigenvalue weighted by Gasteiger charge is 2.27. The lowest BCUT2D eigenvalue weighted by atomic mass is 10.4. The number of rotatable bonds is 4. The average Bonchev–Trinajstić information content (AvgIpc) is 2.56. The van der Waals surface area contributed by atoms with Crippen LogP contribution in [0.5, 0.6) is 0 Å². The van der Waals surface area contributed by atoms with Crippen molar-refractivity contribution in [3.8, 4) is 0 Å². The van der Waals surface area contributed by atoms with E-state index in [4.69, 9.17) is 0 Å². The Kier molecular flexibility index (Phi) is 3.63. The first-order valence-corrected chi connectivity index (χ1v) is 6.13. The summed E-state index contributed by atoms with van der Waals surface area (Å²) in [6.07, 6.45) is 4.89. The second-order valence-electron chi connectivity index (χ2n) is 3.25. The van der Waals surface area contributed by atoms with Crippen molar-refractivity contribution >= 4 is 15.9 Å². The van der Waals surface area contributed by atoms with E-state index in [1.807, 2.05) is 0 Å². The lowest BCUT2D eigenvalue weighted by Crippen LogP contribution is -2.22. The van der Waals surface area contributed by atoms with Crippen LogP contribution in [-0.2, 0) is 14.6 Å². The number of nitrogens with zero attached hydrogens (tertiary/aromatic N) is 1. The zero-order valence-electron chi connectivity index (χ0n) is 7.40. The lowest BCUT2D eigenvalue weighted by molar-refractivity contribution is 0.563. The predicted molar refractivity (Wildman–Crippen MR) is 49.0 cm³/mol. The quantitative estimate of drug-likeness (QED) is 0.498. The van der Waals surface area contributed by atoms with Gasteiger partial charge in [-0.25, -0.2) is 18.2 Å². The van der Waals surface area contributed by atoms with Crippen molar-refractivity contribution < 1.29 is 13.2 Å². The van der Waals surface area contributed by atoms with E-state index in [9.17, 15) is 13.2 Å². The van der Waals surface area contributed by atoms with E-state index in [0.717, 1.165) is 25.7 Å². The van der Waals surface area contributed by atoms with Crippen LogP contribution in [0.15, 0.2) is 4.99 Å². The molecule has 0 saturated heterocycles. The Morgan fingerprint density at radius 3 is 2.46 bits per heavy atom. The van der Waals surface area contributed by atoms with Crippen molar-refractivity contribution in [2.24, 2.45) is 4.99 Å². The van der Waals surface area contributed by atoms with Gasteiger partial charge >= 0.3 is 0 Å². The van der Waals surface area contributed by atoms with Gasteiger partial charge in [-0.15, -0.1) is 0 Å². The molecule has 1 fully saturated rings. The average molecular weight is 203 g/mol. The summed E-state index contributed by atoms with van der Waals surface area (Å²) in [6.45, 7) is 0.0579. The molecular weight excluding hydrogens is 190 g/mol. The van der Waals surface area contributed by atoms with Gasteiger partial charge in [-0.3, -0.25) is 0 Å². The van der Waals surface area contributed by atoms with Gasteiger partial charge < -0.3 is 0 Å². The Hall–Kier alpha value is -0.670. The SMILES string of the molecule is O=C=NCCS(=O)(=O)C1CCCC1. The molecule has 0 radical (unpaired) electrons. The summed E-state index contributed by atoms with van der Waals surface area (Å²) in [5.41, 5.74) is 0.